The highest BCUT2D eigenvalue weighted by Gasteiger charge is 2.18. The number of carbonyl (C=O) groups is 2. The van der Waals surface area contributed by atoms with E-state index in [0.29, 0.717) is 11.4 Å². The van der Waals surface area contributed by atoms with Crippen molar-refractivity contribution < 1.29 is 9.59 Å². The Morgan fingerprint density at radius 3 is 2.17 bits per heavy atom. The first-order chi connectivity index (χ1) is 11.1. The number of hydrogen-bond donors (Lipinski definition) is 2. The molecule has 23 heavy (non-hydrogen) atoms. The van der Waals surface area contributed by atoms with Crippen LogP contribution >= 0.6 is 11.6 Å². The Labute approximate surface area is 140 Å². The number of carbonyl (C=O) groups excluding carboxylic acids is 2. The normalized spacial score (nSPS) is 10.2. The van der Waals surface area contributed by atoms with E-state index in [2.05, 4.69) is 15.6 Å². The Morgan fingerprint density at radius 2 is 1.61 bits per heavy atom. The van der Waals surface area contributed by atoms with Gasteiger partial charge in [0.1, 0.15) is 0 Å². The third kappa shape index (κ3) is 4.07. The molecular formula is C17H18ClN3O2. The number of pyridine rings is 1. The highest BCUT2D eigenvalue weighted by atomic mass is 35.5. The van der Waals surface area contributed by atoms with Gasteiger partial charge in [-0.25, -0.2) is 4.98 Å². The van der Waals surface area contributed by atoms with Gasteiger partial charge < -0.3 is 10.6 Å². The van der Waals surface area contributed by atoms with Gasteiger partial charge in [-0.1, -0.05) is 43.6 Å². The summed E-state index contributed by atoms with van der Waals surface area (Å²) in [5, 5.41) is 5.30. The third-order valence-corrected chi connectivity index (χ3v) is 3.75. The largest absolute Gasteiger partial charge is 0.317 e. The zero-order valence-corrected chi connectivity index (χ0v) is 13.8. The van der Waals surface area contributed by atoms with E-state index in [4.69, 9.17) is 11.6 Å². The molecule has 0 spiro atoms. The van der Waals surface area contributed by atoms with Crippen LogP contribution in [0.2, 0.25) is 5.15 Å². The Hall–Kier alpha value is -2.40. The molecule has 0 saturated heterocycles. The van der Waals surface area contributed by atoms with E-state index < -0.39 is 11.8 Å². The number of aryl methyl sites for hydroxylation is 2. The predicted molar refractivity (Wildman–Crippen MR) is 91.7 cm³/mol. The predicted octanol–water partition coefficient (Wildman–Crippen LogP) is 3.44. The molecule has 2 rings (SSSR count). The molecule has 5 nitrogen and oxygen atoms in total. The van der Waals surface area contributed by atoms with Gasteiger partial charge in [0.25, 0.3) is 0 Å². The maximum absolute atomic E-state index is 12.2. The second-order valence-corrected chi connectivity index (χ2v) is 5.27. The minimum absolute atomic E-state index is 0.136. The van der Waals surface area contributed by atoms with Gasteiger partial charge in [-0.3, -0.25) is 9.59 Å². The van der Waals surface area contributed by atoms with E-state index in [1.54, 1.807) is 12.1 Å². The van der Waals surface area contributed by atoms with Crippen molar-refractivity contribution in [1.29, 1.82) is 0 Å². The fraction of sp³-hybridized carbons (Fsp3) is 0.235. The minimum Gasteiger partial charge on any atom is -0.317 e. The molecule has 0 fully saturated rings. The lowest BCUT2D eigenvalue weighted by Crippen LogP contribution is -2.30. The first kappa shape index (κ1) is 17.0. The van der Waals surface area contributed by atoms with Gasteiger partial charge in [0, 0.05) is 11.9 Å². The van der Waals surface area contributed by atoms with Crippen molar-refractivity contribution in [3.8, 4) is 0 Å². The molecule has 1 aromatic heterocycles. The number of nitrogens with zero attached hydrogens (tertiary/aromatic N) is 1. The second kappa shape index (κ2) is 7.74. The molecule has 0 radical (unpaired) electrons. The van der Waals surface area contributed by atoms with Crippen molar-refractivity contribution >= 4 is 34.8 Å². The number of amides is 2. The van der Waals surface area contributed by atoms with Crippen LogP contribution in [0.5, 0.6) is 0 Å². The molecule has 6 heteroatoms. The molecule has 2 amide bonds. The van der Waals surface area contributed by atoms with Crippen LogP contribution in [0.4, 0.5) is 11.4 Å². The van der Waals surface area contributed by atoms with Crippen molar-refractivity contribution in [3.05, 3.63) is 52.8 Å². The highest BCUT2D eigenvalue weighted by Crippen LogP contribution is 2.23. The molecule has 0 aliphatic heterocycles. The lowest BCUT2D eigenvalue weighted by atomic mass is 10.0. The lowest BCUT2D eigenvalue weighted by Gasteiger charge is -2.14. The summed E-state index contributed by atoms with van der Waals surface area (Å²) in [6.45, 7) is 4.00. The number of benzene rings is 1. The van der Waals surface area contributed by atoms with Gasteiger partial charge in [-0.05, 0) is 36.1 Å². The van der Waals surface area contributed by atoms with Crippen LogP contribution in [-0.2, 0) is 22.4 Å². The monoisotopic (exact) mass is 331 g/mol. The van der Waals surface area contributed by atoms with Crippen LogP contribution in [0, 0.1) is 0 Å². The van der Waals surface area contributed by atoms with Gasteiger partial charge in [0.15, 0.2) is 5.15 Å². The smallest absolute Gasteiger partial charge is 0.314 e. The van der Waals surface area contributed by atoms with E-state index in [9.17, 15) is 9.59 Å². The number of aromatic nitrogens is 1. The van der Waals surface area contributed by atoms with Gasteiger partial charge in [0.2, 0.25) is 0 Å². The first-order valence-corrected chi connectivity index (χ1v) is 7.78. The quantitative estimate of drug-likeness (QED) is 0.666. The fourth-order valence-corrected chi connectivity index (χ4v) is 2.40. The Morgan fingerprint density at radius 1 is 1.00 bits per heavy atom. The molecule has 120 valence electrons. The topological polar surface area (TPSA) is 71.1 Å². The van der Waals surface area contributed by atoms with Crippen LogP contribution < -0.4 is 10.6 Å². The summed E-state index contributed by atoms with van der Waals surface area (Å²) in [6.07, 6.45) is 3.03. The van der Waals surface area contributed by atoms with Crippen molar-refractivity contribution in [2.75, 3.05) is 10.6 Å². The number of anilines is 2. The summed E-state index contributed by atoms with van der Waals surface area (Å²) in [7, 11) is 0. The summed E-state index contributed by atoms with van der Waals surface area (Å²) < 4.78 is 0. The summed E-state index contributed by atoms with van der Waals surface area (Å²) >= 11 is 5.87. The van der Waals surface area contributed by atoms with Gasteiger partial charge >= 0.3 is 11.8 Å². The molecule has 0 atom stereocenters. The summed E-state index contributed by atoms with van der Waals surface area (Å²) in [5.74, 6) is -1.52. The van der Waals surface area contributed by atoms with E-state index in [-0.39, 0.29) is 5.15 Å². The number of nitrogens with one attached hydrogen (secondary N) is 2. The molecule has 0 aliphatic rings. The minimum atomic E-state index is -0.784. The highest BCUT2D eigenvalue weighted by molar-refractivity contribution is 6.44. The van der Waals surface area contributed by atoms with Crippen LogP contribution in [0.25, 0.3) is 0 Å². The summed E-state index contributed by atoms with van der Waals surface area (Å²) in [4.78, 5) is 28.1. The molecule has 0 bridgehead atoms. The Bertz CT molecular complexity index is 709. The summed E-state index contributed by atoms with van der Waals surface area (Å²) in [6, 6.07) is 9.02. The van der Waals surface area contributed by atoms with Crippen LogP contribution in [0.15, 0.2) is 36.5 Å². The zero-order chi connectivity index (χ0) is 16.8. The number of hydrogen-bond acceptors (Lipinski definition) is 3. The molecule has 2 aromatic rings. The zero-order valence-electron chi connectivity index (χ0n) is 13.0. The Kier molecular flexibility index (Phi) is 5.71. The second-order valence-electron chi connectivity index (χ2n) is 4.91. The van der Waals surface area contributed by atoms with Gasteiger partial charge in [-0.15, -0.1) is 0 Å². The SMILES string of the molecule is CCc1cccc(CC)c1NC(=O)C(=O)Nc1cccnc1Cl. The lowest BCUT2D eigenvalue weighted by molar-refractivity contribution is -0.133. The van der Waals surface area contributed by atoms with Gasteiger partial charge in [0.05, 0.1) is 5.69 Å². The van der Waals surface area contributed by atoms with E-state index >= 15 is 0 Å². The average Bonchev–Trinajstić information content (AvgIpc) is 2.56. The summed E-state index contributed by atoms with van der Waals surface area (Å²) in [5.41, 5.74) is 2.98. The molecule has 0 aliphatic carbocycles. The molecule has 1 heterocycles. The van der Waals surface area contributed by atoms with Crippen molar-refractivity contribution in [2.24, 2.45) is 0 Å². The standard InChI is InChI=1S/C17H18ClN3O2/c1-3-11-7-5-8-12(4-2)14(11)21-17(23)16(22)20-13-9-6-10-19-15(13)18/h5-10H,3-4H2,1-2H3,(H,20,22)(H,21,23). The molecule has 2 N–H and O–H groups in total. The molecule has 1 aromatic carbocycles. The molecule has 0 saturated carbocycles. The van der Waals surface area contributed by atoms with E-state index in [1.165, 1.54) is 6.20 Å². The number of halogens is 1. The van der Waals surface area contributed by atoms with E-state index in [1.807, 2.05) is 32.0 Å². The van der Waals surface area contributed by atoms with Crippen molar-refractivity contribution in [1.82, 2.24) is 4.98 Å². The molecule has 0 unspecified atom stereocenters. The van der Waals surface area contributed by atoms with Crippen molar-refractivity contribution in [3.63, 3.8) is 0 Å². The number of rotatable bonds is 4. The van der Waals surface area contributed by atoms with E-state index in [0.717, 1.165) is 24.0 Å². The van der Waals surface area contributed by atoms with Gasteiger partial charge in [-0.2, -0.15) is 0 Å². The maximum atomic E-state index is 12.2. The van der Waals surface area contributed by atoms with Crippen LogP contribution in [-0.4, -0.2) is 16.8 Å². The Balaban J connectivity index is 2.16. The van der Waals surface area contributed by atoms with Crippen LogP contribution in [0.1, 0.15) is 25.0 Å². The third-order valence-electron chi connectivity index (χ3n) is 3.45. The fourth-order valence-electron chi connectivity index (χ4n) is 2.23. The first-order valence-electron chi connectivity index (χ1n) is 7.40. The average molecular weight is 332 g/mol. The maximum Gasteiger partial charge on any atom is 0.314 e. The number of para-hydroxylation sites is 1. The molecular weight excluding hydrogens is 314 g/mol. The van der Waals surface area contributed by atoms with Crippen molar-refractivity contribution in [2.45, 2.75) is 26.7 Å². The van der Waals surface area contributed by atoms with Crippen LogP contribution in [0.3, 0.4) is 0 Å².